The molecule has 0 spiro atoms. The monoisotopic (exact) mass is 471 g/mol. The van der Waals surface area contributed by atoms with E-state index in [9.17, 15) is 4.79 Å². The Morgan fingerprint density at radius 2 is 1.79 bits per heavy atom. The van der Waals surface area contributed by atoms with E-state index in [0.717, 1.165) is 75.4 Å². The zero-order valence-electron chi connectivity index (χ0n) is 18.9. The molecule has 2 aliphatic heterocycles. The molecule has 0 unspecified atom stereocenters. The smallest absolute Gasteiger partial charge is 0.225 e. The van der Waals surface area contributed by atoms with Crippen LogP contribution in [-0.4, -0.2) is 69.7 Å². The predicted octanol–water partition coefficient (Wildman–Crippen LogP) is 2.61. The molecule has 2 fully saturated rings. The van der Waals surface area contributed by atoms with Crippen LogP contribution in [0.1, 0.15) is 36.9 Å². The summed E-state index contributed by atoms with van der Waals surface area (Å²) >= 11 is 6.07. The standard InChI is InChI=1S/C23H30ClN7O2/c1-33-29-21(19-3-2-4-20(24)28-19)17-7-11-31(12-8-17)22(32)18-5-9-30(10-6-18)15-16-13-26-23(25)27-14-16/h2-4,13-14,17-18H,5-12,15H2,1H3,(H2,25,26,27). The molecule has 2 aromatic rings. The van der Waals surface area contributed by atoms with E-state index in [1.807, 2.05) is 17.0 Å². The number of anilines is 1. The molecule has 2 aromatic heterocycles. The van der Waals surface area contributed by atoms with Crippen molar-refractivity contribution in [2.75, 3.05) is 39.0 Å². The van der Waals surface area contributed by atoms with E-state index in [0.29, 0.717) is 5.15 Å². The van der Waals surface area contributed by atoms with Gasteiger partial charge in [-0.2, -0.15) is 0 Å². The molecule has 0 saturated carbocycles. The first kappa shape index (κ1) is 23.4. The zero-order chi connectivity index (χ0) is 23.2. The van der Waals surface area contributed by atoms with Gasteiger partial charge in [0.05, 0.1) is 5.69 Å². The number of amides is 1. The summed E-state index contributed by atoms with van der Waals surface area (Å²) < 4.78 is 0. The van der Waals surface area contributed by atoms with Crippen LogP contribution in [0.25, 0.3) is 0 Å². The van der Waals surface area contributed by atoms with Crippen molar-refractivity contribution < 1.29 is 9.63 Å². The third kappa shape index (κ3) is 5.97. The highest BCUT2D eigenvalue weighted by Gasteiger charge is 2.33. The summed E-state index contributed by atoms with van der Waals surface area (Å²) in [6.07, 6.45) is 6.94. The Labute approximate surface area is 199 Å². The van der Waals surface area contributed by atoms with Gasteiger partial charge in [0.25, 0.3) is 0 Å². The van der Waals surface area contributed by atoms with Crippen molar-refractivity contribution in [1.82, 2.24) is 24.8 Å². The van der Waals surface area contributed by atoms with Crippen LogP contribution in [0.5, 0.6) is 0 Å². The molecule has 176 valence electrons. The van der Waals surface area contributed by atoms with Crippen molar-refractivity contribution >= 4 is 29.2 Å². The van der Waals surface area contributed by atoms with Gasteiger partial charge in [-0.3, -0.25) is 9.69 Å². The molecule has 0 radical (unpaired) electrons. The van der Waals surface area contributed by atoms with Crippen LogP contribution in [0.4, 0.5) is 5.95 Å². The molecule has 0 atom stereocenters. The number of hydrogen-bond acceptors (Lipinski definition) is 8. The highest BCUT2D eigenvalue weighted by atomic mass is 35.5. The number of carbonyl (C=O) groups is 1. The first-order valence-corrected chi connectivity index (χ1v) is 11.7. The van der Waals surface area contributed by atoms with Crippen LogP contribution >= 0.6 is 11.6 Å². The molecule has 0 bridgehead atoms. The molecule has 0 aliphatic carbocycles. The summed E-state index contributed by atoms with van der Waals surface area (Å²) in [5.74, 6) is 0.831. The number of pyridine rings is 1. The van der Waals surface area contributed by atoms with Crippen LogP contribution in [0.3, 0.4) is 0 Å². The number of piperidine rings is 2. The van der Waals surface area contributed by atoms with Gasteiger partial charge in [0.1, 0.15) is 18.0 Å². The third-order valence-electron chi connectivity index (χ3n) is 6.43. The SMILES string of the molecule is CON=C(c1cccc(Cl)n1)C1CCN(C(=O)C2CCN(Cc3cnc(N)nc3)CC2)CC1. The van der Waals surface area contributed by atoms with Crippen LogP contribution in [-0.2, 0) is 16.2 Å². The molecule has 10 heteroatoms. The van der Waals surface area contributed by atoms with Gasteiger partial charge < -0.3 is 15.5 Å². The maximum absolute atomic E-state index is 13.2. The Bertz CT molecular complexity index is 969. The molecule has 4 rings (SSSR count). The molecule has 2 saturated heterocycles. The van der Waals surface area contributed by atoms with E-state index < -0.39 is 0 Å². The van der Waals surface area contributed by atoms with Crippen molar-refractivity contribution in [3.05, 3.63) is 47.0 Å². The Morgan fingerprint density at radius 1 is 1.12 bits per heavy atom. The fourth-order valence-electron chi connectivity index (χ4n) is 4.65. The number of rotatable bonds is 6. The number of carbonyl (C=O) groups excluding carboxylic acids is 1. The van der Waals surface area contributed by atoms with Crippen LogP contribution in [0.15, 0.2) is 35.7 Å². The number of halogens is 1. The van der Waals surface area contributed by atoms with E-state index in [2.05, 4.69) is 25.0 Å². The van der Waals surface area contributed by atoms with Crippen molar-refractivity contribution in [3.8, 4) is 0 Å². The van der Waals surface area contributed by atoms with Gasteiger partial charge in [-0.05, 0) is 50.9 Å². The fraction of sp³-hybridized carbons (Fsp3) is 0.522. The lowest BCUT2D eigenvalue weighted by atomic mass is 9.88. The minimum Gasteiger partial charge on any atom is -0.399 e. The third-order valence-corrected chi connectivity index (χ3v) is 6.64. The molecule has 2 N–H and O–H groups in total. The first-order valence-electron chi connectivity index (χ1n) is 11.3. The summed E-state index contributed by atoms with van der Waals surface area (Å²) in [7, 11) is 1.54. The van der Waals surface area contributed by atoms with Crippen molar-refractivity contribution in [1.29, 1.82) is 0 Å². The Balaban J connectivity index is 1.28. The fourth-order valence-corrected chi connectivity index (χ4v) is 4.82. The average molecular weight is 472 g/mol. The summed E-state index contributed by atoms with van der Waals surface area (Å²) in [5.41, 5.74) is 8.13. The van der Waals surface area contributed by atoms with Crippen LogP contribution in [0, 0.1) is 11.8 Å². The Hall–Kier alpha value is -2.78. The van der Waals surface area contributed by atoms with E-state index in [-0.39, 0.29) is 23.7 Å². The van der Waals surface area contributed by atoms with Crippen molar-refractivity contribution in [2.24, 2.45) is 17.0 Å². The number of nitrogens with zero attached hydrogens (tertiary/aromatic N) is 6. The molecule has 33 heavy (non-hydrogen) atoms. The molecule has 1 amide bonds. The molecule has 4 heterocycles. The van der Waals surface area contributed by atoms with Gasteiger partial charge in [-0.1, -0.05) is 22.8 Å². The van der Waals surface area contributed by atoms with E-state index in [1.54, 1.807) is 18.5 Å². The highest BCUT2D eigenvalue weighted by Crippen LogP contribution is 2.27. The quantitative estimate of drug-likeness (QED) is 0.391. The largest absolute Gasteiger partial charge is 0.399 e. The van der Waals surface area contributed by atoms with Crippen LogP contribution < -0.4 is 5.73 Å². The van der Waals surface area contributed by atoms with E-state index in [1.165, 1.54) is 7.11 Å². The molecule has 2 aliphatic rings. The number of hydrogen-bond donors (Lipinski definition) is 1. The van der Waals surface area contributed by atoms with Gasteiger partial charge in [-0.15, -0.1) is 0 Å². The minimum atomic E-state index is 0.0853. The normalized spacial score (nSPS) is 19.0. The lowest BCUT2D eigenvalue weighted by Gasteiger charge is -2.37. The number of likely N-dealkylation sites (tertiary alicyclic amines) is 2. The number of oxime groups is 1. The lowest BCUT2D eigenvalue weighted by Crippen LogP contribution is -2.46. The topological polar surface area (TPSA) is 110 Å². The highest BCUT2D eigenvalue weighted by molar-refractivity contribution is 6.29. The maximum atomic E-state index is 13.2. The second kappa shape index (κ2) is 10.9. The zero-order valence-corrected chi connectivity index (χ0v) is 19.6. The second-order valence-corrected chi connectivity index (χ2v) is 8.99. The summed E-state index contributed by atoms with van der Waals surface area (Å²) in [4.78, 5) is 35.1. The lowest BCUT2D eigenvalue weighted by molar-refractivity contribution is -0.138. The van der Waals surface area contributed by atoms with E-state index in [4.69, 9.17) is 22.2 Å². The number of nitrogens with two attached hydrogens (primary N) is 1. The Kier molecular flexibility index (Phi) is 7.72. The van der Waals surface area contributed by atoms with Crippen LogP contribution in [0.2, 0.25) is 5.15 Å². The van der Waals surface area contributed by atoms with Gasteiger partial charge in [0, 0.05) is 49.4 Å². The summed E-state index contributed by atoms with van der Waals surface area (Å²) in [6.45, 7) is 4.00. The van der Waals surface area contributed by atoms with Gasteiger partial charge >= 0.3 is 0 Å². The average Bonchev–Trinajstić information content (AvgIpc) is 2.84. The second-order valence-electron chi connectivity index (χ2n) is 8.60. The molecular formula is C23H30ClN7O2. The molecule has 0 aromatic carbocycles. The first-order chi connectivity index (χ1) is 16.0. The van der Waals surface area contributed by atoms with Gasteiger partial charge in [0.15, 0.2) is 0 Å². The summed E-state index contributed by atoms with van der Waals surface area (Å²) in [6, 6.07) is 5.50. The number of nitrogen functional groups attached to an aromatic ring is 1. The Morgan fingerprint density at radius 3 is 2.42 bits per heavy atom. The molecular weight excluding hydrogens is 442 g/mol. The van der Waals surface area contributed by atoms with Crippen molar-refractivity contribution in [2.45, 2.75) is 32.2 Å². The van der Waals surface area contributed by atoms with Gasteiger partial charge in [-0.25, -0.2) is 15.0 Å². The van der Waals surface area contributed by atoms with Gasteiger partial charge in [0.2, 0.25) is 11.9 Å². The number of aromatic nitrogens is 3. The maximum Gasteiger partial charge on any atom is 0.225 e. The van der Waals surface area contributed by atoms with Crippen molar-refractivity contribution in [3.63, 3.8) is 0 Å². The van der Waals surface area contributed by atoms with E-state index >= 15 is 0 Å². The predicted molar refractivity (Wildman–Crippen MR) is 127 cm³/mol. The summed E-state index contributed by atoms with van der Waals surface area (Å²) in [5, 5.41) is 4.67. The molecule has 9 nitrogen and oxygen atoms in total. The minimum absolute atomic E-state index is 0.0853.